The molecule has 1 aliphatic heterocycles. The highest BCUT2D eigenvalue weighted by molar-refractivity contribution is 8.00. The second-order valence-electron chi connectivity index (χ2n) is 9.85. The number of halogens is 1. The van der Waals surface area contributed by atoms with Crippen LogP contribution in [0.2, 0.25) is 0 Å². The number of benzene rings is 2. The van der Waals surface area contributed by atoms with Crippen molar-refractivity contribution < 1.29 is 28.6 Å². The third-order valence-corrected chi connectivity index (χ3v) is 9.53. The number of methoxy groups -OCH3 is 1. The first-order chi connectivity index (χ1) is 20.3. The Hall–Kier alpha value is -3.74. The zero-order valence-corrected chi connectivity index (χ0v) is 25.5. The lowest BCUT2D eigenvalue weighted by Crippen LogP contribution is -2.31. The van der Waals surface area contributed by atoms with Crippen molar-refractivity contribution in [1.82, 2.24) is 10.2 Å². The zero-order chi connectivity index (χ0) is 29.8. The van der Waals surface area contributed by atoms with Gasteiger partial charge in [-0.15, -0.1) is 21.5 Å². The van der Waals surface area contributed by atoms with Gasteiger partial charge in [0.15, 0.2) is 21.6 Å². The first kappa shape index (κ1) is 29.7. The molecule has 4 aromatic rings. The quantitative estimate of drug-likeness (QED) is 0.0998. The van der Waals surface area contributed by atoms with Crippen molar-refractivity contribution in [3.8, 4) is 11.5 Å². The smallest absolute Gasteiger partial charge is 0.296 e. The van der Waals surface area contributed by atoms with E-state index in [1.165, 1.54) is 47.2 Å². The van der Waals surface area contributed by atoms with Crippen LogP contribution in [0.15, 0.2) is 75.6 Å². The number of aromatic nitrogens is 2. The summed E-state index contributed by atoms with van der Waals surface area (Å²) in [7, 11) is 1.52. The number of rotatable bonds is 12. The van der Waals surface area contributed by atoms with E-state index in [1.54, 1.807) is 47.8 Å². The van der Waals surface area contributed by atoms with Crippen LogP contribution >= 0.6 is 34.4 Å². The molecule has 0 saturated heterocycles. The average Bonchev–Trinajstić information content (AvgIpc) is 3.73. The third kappa shape index (κ3) is 6.35. The van der Waals surface area contributed by atoms with E-state index in [1.807, 2.05) is 0 Å². The van der Waals surface area contributed by atoms with E-state index in [2.05, 4.69) is 24.0 Å². The topological polar surface area (TPSA) is 102 Å². The van der Waals surface area contributed by atoms with E-state index in [4.69, 9.17) is 9.47 Å². The molecule has 2 aromatic carbocycles. The molecule has 0 fully saturated rings. The second kappa shape index (κ2) is 13.1. The van der Waals surface area contributed by atoms with Gasteiger partial charge in [0.25, 0.3) is 5.91 Å². The standard InChI is InChI=1S/C30H28FN3O5S3/c1-17(2)12-13-39-21-11-8-19(15-22(21)38-3)25-24(26(35)23-5-4-14-40-23)27(36)28(37)34(25)29-32-33-30(42-29)41-16-18-6-9-20(31)10-7-18/h4-11,14-15,17,25,36H,12-13,16H2,1-3H3. The molecule has 1 atom stereocenters. The molecule has 0 aliphatic carbocycles. The lowest BCUT2D eigenvalue weighted by molar-refractivity contribution is -0.117. The SMILES string of the molecule is COc1cc(C2C(C(=O)c3cccs3)=C(O)C(=O)N2c2nnc(SCc3ccc(F)cc3)s2)ccc1OCCC(C)C. The Morgan fingerprint density at radius 2 is 1.93 bits per heavy atom. The van der Waals surface area contributed by atoms with Crippen LogP contribution in [-0.4, -0.2) is 40.7 Å². The van der Waals surface area contributed by atoms with Gasteiger partial charge in [-0.05, 0) is 59.2 Å². The first-order valence-electron chi connectivity index (χ1n) is 13.1. The molecule has 8 nitrogen and oxygen atoms in total. The Morgan fingerprint density at radius 3 is 2.62 bits per heavy atom. The number of Topliss-reactive ketones (excluding diaryl/α,β-unsaturated/α-hetero) is 1. The highest BCUT2D eigenvalue weighted by Gasteiger charge is 2.46. The van der Waals surface area contributed by atoms with Crippen LogP contribution in [-0.2, 0) is 10.5 Å². The summed E-state index contributed by atoms with van der Waals surface area (Å²) in [4.78, 5) is 28.9. The lowest BCUT2D eigenvalue weighted by Gasteiger charge is -2.24. The van der Waals surface area contributed by atoms with Crippen molar-refractivity contribution in [1.29, 1.82) is 0 Å². The number of amides is 1. The fraction of sp³-hybridized carbons (Fsp3) is 0.267. The van der Waals surface area contributed by atoms with E-state index < -0.39 is 23.5 Å². The van der Waals surface area contributed by atoms with Gasteiger partial charge < -0.3 is 14.6 Å². The highest BCUT2D eigenvalue weighted by Crippen LogP contribution is 2.45. The molecule has 0 radical (unpaired) electrons. The zero-order valence-electron chi connectivity index (χ0n) is 23.1. The number of ketones is 1. The van der Waals surface area contributed by atoms with Crippen molar-refractivity contribution in [2.75, 3.05) is 18.6 Å². The molecule has 1 N–H and O–H groups in total. The van der Waals surface area contributed by atoms with Gasteiger partial charge in [0.05, 0.1) is 30.2 Å². The van der Waals surface area contributed by atoms with Gasteiger partial charge in [0, 0.05) is 5.75 Å². The minimum absolute atomic E-state index is 0.0475. The summed E-state index contributed by atoms with van der Waals surface area (Å²) in [6, 6.07) is 13.8. The first-order valence-corrected chi connectivity index (χ1v) is 15.8. The van der Waals surface area contributed by atoms with E-state index >= 15 is 0 Å². The van der Waals surface area contributed by atoms with Gasteiger partial charge in [-0.1, -0.05) is 61.2 Å². The summed E-state index contributed by atoms with van der Waals surface area (Å²) in [5, 5.41) is 21.5. The molecule has 0 saturated carbocycles. The molecule has 5 rings (SSSR count). The summed E-state index contributed by atoms with van der Waals surface area (Å²) in [5.74, 6) is -0.181. The van der Waals surface area contributed by atoms with Crippen LogP contribution in [0.1, 0.15) is 47.1 Å². The maximum Gasteiger partial charge on any atom is 0.296 e. The molecule has 1 unspecified atom stereocenters. The number of aliphatic hydroxyl groups excluding tert-OH is 1. The summed E-state index contributed by atoms with van der Waals surface area (Å²) < 4.78 is 25.4. The Balaban J connectivity index is 1.49. The number of thioether (sulfide) groups is 1. The molecule has 2 aromatic heterocycles. The largest absolute Gasteiger partial charge is 0.503 e. The fourth-order valence-electron chi connectivity index (χ4n) is 4.35. The van der Waals surface area contributed by atoms with Gasteiger partial charge in [0.1, 0.15) is 5.82 Å². The van der Waals surface area contributed by atoms with E-state index in [0.29, 0.717) is 44.6 Å². The second-order valence-corrected chi connectivity index (χ2v) is 13.0. The maximum absolute atomic E-state index is 13.6. The Morgan fingerprint density at radius 1 is 1.14 bits per heavy atom. The normalized spacial score (nSPS) is 15.1. The van der Waals surface area contributed by atoms with E-state index in [0.717, 1.165) is 23.3 Å². The molecule has 0 spiro atoms. The fourth-order valence-corrected chi connectivity index (χ4v) is 6.85. The minimum Gasteiger partial charge on any atom is -0.503 e. The van der Waals surface area contributed by atoms with E-state index in [9.17, 15) is 19.1 Å². The van der Waals surface area contributed by atoms with Gasteiger partial charge in [-0.3, -0.25) is 14.5 Å². The molecule has 42 heavy (non-hydrogen) atoms. The highest BCUT2D eigenvalue weighted by atomic mass is 32.2. The Kier molecular flexibility index (Phi) is 9.24. The van der Waals surface area contributed by atoms with Crippen LogP contribution in [0.3, 0.4) is 0 Å². The molecule has 1 aliphatic rings. The number of aliphatic hydroxyl groups is 1. The van der Waals surface area contributed by atoms with E-state index in [-0.39, 0.29) is 16.5 Å². The Labute approximate surface area is 254 Å². The van der Waals surface area contributed by atoms with Crippen LogP contribution in [0.5, 0.6) is 11.5 Å². The molecular formula is C30H28FN3O5S3. The van der Waals surface area contributed by atoms with Crippen molar-refractivity contribution in [3.05, 3.63) is 93.1 Å². The molecule has 12 heteroatoms. The number of carbonyl (C=O) groups is 2. The number of hydrogen-bond acceptors (Lipinski definition) is 10. The number of thiophene rings is 1. The maximum atomic E-state index is 13.6. The summed E-state index contributed by atoms with van der Waals surface area (Å²) in [6.45, 7) is 4.73. The molecule has 3 heterocycles. The number of nitrogens with zero attached hydrogens (tertiary/aromatic N) is 3. The number of ether oxygens (including phenoxy) is 2. The molecule has 1 amide bonds. The van der Waals surface area contributed by atoms with Crippen molar-refractivity contribution in [3.63, 3.8) is 0 Å². The van der Waals surface area contributed by atoms with Crippen molar-refractivity contribution in [2.24, 2.45) is 5.92 Å². The monoisotopic (exact) mass is 625 g/mol. The lowest BCUT2D eigenvalue weighted by atomic mass is 9.95. The number of carbonyl (C=O) groups excluding carboxylic acids is 2. The molecule has 218 valence electrons. The Bertz CT molecular complexity index is 1600. The van der Waals surface area contributed by atoms with Crippen LogP contribution in [0.25, 0.3) is 0 Å². The van der Waals surface area contributed by atoms with Crippen LogP contribution < -0.4 is 14.4 Å². The number of anilines is 1. The van der Waals surface area contributed by atoms with Crippen LogP contribution in [0.4, 0.5) is 9.52 Å². The summed E-state index contributed by atoms with van der Waals surface area (Å²) >= 11 is 3.78. The molecule has 0 bridgehead atoms. The van der Waals surface area contributed by atoms with Gasteiger partial charge >= 0.3 is 0 Å². The summed E-state index contributed by atoms with van der Waals surface area (Å²) in [6.07, 6.45) is 0.866. The van der Waals surface area contributed by atoms with Gasteiger partial charge in [0.2, 0.25) is 10.9 Å². The van der Waals surface area contributed by atoms with Crippen LogP contribution in [0, 0.1) is 11.7 Å². The minimum atomic E-state index is -0.978. The van der Waals surface area contributed by atoms with Gasteiger partial charge in [-0.25, -0.2) is 4.39 Å². The van der Waals surface area contributed by atoms with Crippen molar-refractivity contribution in [2.45, 2.75) is 36.4 Å². The van der Waals surface area contributed by atoms with Gasteiger partial charge in [-0.2, -0.15) is 0 Å². The predicted octanol–water partition coefficient (Wildman–Crippen LogP) is 7.25. The third-order valence-electron chi connectivity index (χ3n) is 6.53. The average molecular weight is 626 g/mol. The number of hydrogen-bond donors (Lipinski definition) is 1. The molecular weight excluding hydrogens is 598 g/mol. The van der Waals surface area contributed by atoms with Crippen molar-refractivity contribution >= 4 is 51.3 Å². The summed E-state index contributed by atoms with van der Waals surface area (Å²) in [5.41, 5.74) is 1.39. The predicted molar refractivity (Wildman–Crippen MR) is 162 cm³/mol.